The molecule has 6 heteroatoms. The molecular formula is C27H21Cl2N3O. The first-order valence-electron chi connectivity index (χ1n) is 10.3. The van der Waals surface area contributed by atoms with Crippen LogP contribution >= 0.6 is 23.2 Å². The van der Waals surface area contributed by atoms with Crippen LogP contribution < -0.4 is 11.1 Å². The first-order valence-corrected chi connectivity index (χ1v) is 11.1. The van der Waals surface area contributed by atoms with Crippen LogP contribution in [0.4, 0.5) is 0 Å². The number of halogens is 2. The minimum absolute atomic E-state index is 0.0682. The van der Waals surface area contributed by atoms with E-state index in [1.165, 1.54) is 0 Å². The summed E-state index contributed by atoms with van der Waals surface area (Å²) in [5, 5.41) is 3.98. The third-order valence-corrected chi connectivity index (χ3v) is 5.61. The molecule has 0 atom stereocenters. The van der Waals surface area contributed by atoms with Gasteiger partial charge in [-0.15, -0.1) is 0 Å². The molecule has 0 bridgehead atoms. The highest BCUT2D eigenvalue weighted by Crippen LogP contribution is 2.34. The Labute approximate surface area is 202 Å². The van der Waals surface area contributed by atoms with E-state index in [1.807, 2.05) is 60.7 Å². The van der Waals surface area contributed by atoms with E-state index < -0.39 is 0 Å². The standard InChI is InChI=1S/C27H21Cl2N3O/c28-22-11-7-19(8-12-22)24-15-6-18(16-25(24)20-9-13-23(29)14-10-20)17-31-27(30)32-26(33)21-4-2-1-3-5-21/h1-16H,17H2,(H3,30,31,32,33). The Morgan fingerprint density at radius 2 is 1.33 bits per heavy atom. The molecule has 0 spiro atoms. The van der Waals surface area contributed by atoms with Crippen molar-refractivity contribution in [2.45, 2.75) is 6.54 Å². The Hall–Kier alpha value is -3.60. The number of amides is 1. The summed E-state index contributed by atoms with van der Waals surface area (Å²) in [6.07, 6.45) is 0. The molecule has 0 aliphatic rings. The lowest BCUT2D eigenvalue weighted by atomic mass is 9.93. The zero-order valence-corrected chi connectivity index (χ0v) is 19.1. The second-order valence-corrected chi connectivity index (χ2v) is 8.29. The lowest BCUT2D eigenvalue weighted by Crippen LogP contribution is -2.36. The summed E-state index contributed by atoms with van der Waals surface area (Å²) in [6.45, 7) is 0.322. The number of hydrogen-bond acceptors (Lipinski definition) is 2. The number of hydrogen-bond donors (Lipinski definition) is 2. The summed E-state index contributed by atoms with van der Waals surface area (Å²) in [5.41, 5.74) is 11.6. The van der Waals surface area contributed by atoms with Gasteiger partial charge in [-0.1, -0.05) is 77.8 Å². The van der Waals surface area contributed by atoms with Gasteiger partial charge in [0.05, 0.1) is 6.54 Å². The summed E-state index contributed by atoms with van der Waals surface area (Å²) in [7, 11) is 0. The number of rotatable bonds is 5. The third kappa shape index (κ3) is 5.80. The molecule has 4 aromatic carbocycles. The summed E-state index contributed by atoms with van der Waals surface area (Å²) in [6, 6.07) is 30.4. The minimum atomic E-state index is -0.295. The summed E-state index contributed by atoms with van der Waals surface area (Å²) >= 11 is 12.2. The van der Waals surface area contributed by atoms with Gasteiger partial charge in [0, 0.05) is 15.6 Å². The van der Waals surface area contributed by atoms with E-state index >= 15 is 0 Å². The molecule has 0 aromatic heterocycles. The van der Waals surface area contributed by atoms with Gasteiger partial charge >= 0.3 is 0 Å². The number of benzene rings is 4. The van der Waals surface area contributed by atoms with E-state index in [-0.39, 0.29) is 11.9 Å². The predicted molar refractivity (Wildman–Crippen MR) is 137 cm³/mol. The van der Waals surface area contributed by atoms with Crippen LogP contribution in [0.25, 0.3) is 22.3 Å². The van der Waals surface area contributed by atoms with Crippen LogP contribution in [0, 0.1) is 0 Å². The van der Waals surface area contributed by atoms with Gasteiger partial charge in [-0.2, -0.15) is 0 Å². The van der Waals surface area contributed by atoms with Crippen LogP contribution in [-0.4, -0.2) is 11.9 Å². The zero-order chi connectivity index (χ0) is 23.2. The fourth-order valence-corrected chi connectivity index (χ4v) is 3.69. The monoisotopic (exact) mass is 473 g/mol. The Morgan fingerprint density at radius 1 is 0.758 bits per heavy atom. The van der Waals surface area contributed by atoms with Gasteiger partial charge in [-0.25, -0.2) is 4.99 Å². The number of nitrogens with zero attached hydrogens (tertiary/aromatic N) is 1. The number of carbonyl (C=O) groups excluding carboxylic acids is 1. The fourth-order valence-electron chi connectivity index (χ4n) is 3.43. The van der Waals surface area contributed by atoms with Crippen LogP contribution in [0.3, 0.4) is 0 Å². The maximum absolute atomic E-state index is 12.3. The Kier molecular flexibility index (Phi) is 7.08. The SMILES string of the molecule is NC(=NCc1ccc(-c2ccc(Cl)cc2)c(-c2ccc(Cl)cc2)c1)NC(=O)c1ccccc1. The number of nitrogens with one attached hydrogen (secondary N) is 1. The van der Waals surface area contributed by atoms with Crippen molar-refractivity contribution in [3.05, 3.63) is 118 Å². The minimum Gasteiger partial charge on any atom is -0.370 e. The number of nitrogens with two attached hydrogens (primary N) is 1. The summed E-state index contributed by atoms with van der Waals surface area (Å²) in [4.78, 5) is 16.6. The van der Waals surface area contributed by atoms with Crippen LogP contribution in [0.15, 0.2) is 102 Å². The molecule has 3 N–H and O–H groups in total. The van der Waals surface area contributed by atoms with E-state index in [9.17, 15) is 4.79 Å². The highest BCUT2D eigenvalue weighted by molar-refractivity contribution is 6.31. The van der Waals surface area contributed by atoms with Crippen molar-refractivity contribution in [3.63, 3.8) is 0 Å². The number of aliphatic imine (C=N–C) groups is 1. The van der Waals surface area contributed by atoms with Crippen molar-refractivity contribution >= 4 is 35.1 Å². The van der Waals surface area contributed by atoms with Crippen LogP contribution in [0.1, 0.15) is 15.9 Å². The van der Waals surface area contributed by atoms with Gasteiger partial charge in [0.2, 0.25) is 0 Å². The largest absolute Gasteiger partial charge is 0.370 e. The molecular weight excluding hydrogens is 453 g/mol. The topological polar surface area (TPSA) is 67.5 Å². The van der Waals surface area contributed by atoms with Crippen molar-refractivity contribution in [1.82, 2.24) is 5.32 Å². The molecule has 164 valence electrons. The predicted octanol–water partition coefficient (Wildman–Crippen LogP) is 6.57. The average molecular weight is 474 g/mol. The maximum atomic E-state index is 12.3. The van der Waals surface area contributed by atoms with Gasteiger partial charge in [0.25, 0.3) is 5.91 Å². The van der Waals surface area contributed by atoms with E-state index in [0.29, 0.717) is 22.2 Å². The average Bonchev–Trinajstić information content (AvgIpc) is 2.84. The van der Waals surface area contributed by atoms with Gasteiger partial charge in [-0.05, 0) is 70.3 Å². The van der Waals surface area contributed by atoms with Gasteiger partial charge < -0.3 is 5.73 Å². The summed E-state index contributed by atoms with van der Waals surface area (Å²) in [5.74, 6) is -0.226. The van der Waals surface area contributed by atoms with Crippen LogP contribution in [0.2, 0.25) is 10.0 Å². The molecule has 0 saturated heterocycles. The molecule has 33 heavy (non-hydrogen) atoms. The van der Waals surface area contributed by atoms with E-state index in [4.69, 9.17) is 28.9 Å². The van der Waals surface area contributed by atoms with Crippen molar-refractivity contribution in [2.24, 2.45) is 10.7 Å². The van der Waals surface area contributed by atoms with Crippen molar-refractivity contribution in [1.29, 1.82) is 0 Å². The molecule has 4 rings (SSSR count). The normalized spacial score (nSPS) is 11.3. The van der Waals surface area contributed by atoms with E-state index in [2.05, 4.69) is 22.4 Å². The molecule has 4 nitrogen and oxygen atoms in total. The van der Waals surface area contributed by atoms with Gasteiger partial charge in [0.15, 0.2) is 5.96 Å². The highest BCUT2D eigenvalue weighted by Gasteiger charge is 2.10. The number of guanidine groups is 1. The molecule has 0 unspecified atom stereocenters. The van der Waals surface area contributed by atoms with Crippen LogP contribution in [-0.2, 0) is 6.54 Å². The van der Waals surface area contributed by atoms with Crippen LogP contribution in [0.5, 0.6) is 0 Å². The molecule has 0 radical (unpaired) electrons. The molecule has 0 aliphatic carbocycles. The summed E-state index contributed by atoms with van der Waals surface area (Å²) < 4.78 is 0. The zero-order valence-electron chi connectivity index (χ0n) is 17.6. The number of carbonyl (C=O) groups is 1. The maximum Gasteiger partial charge on any atom is 0.257 e. The first-order chi connectivity index (χ1) is 16.0. The Balaban J connectivity index is 1.60. The second-order valence-electron chi connectivity index (χ2n) is 7.42. The fraction of sp³-hybridized carbons (Fsp3) is 0.0370. The highest BCUT2D eigenvalue weighted by atomic mass is 35.5. The Morgan fingerprint density at radius 3 is 1.94 bits per heavy atom. The quantitative estimate of drug-likeness (QED) is 0.254. The first kappa shape index (κ1) is 22.6. The molecule has 0 aliphatic heterocycles. The molecule has 0 fully saturated rings. The van der Waals surface area contributed by atoms with Crippen molar-refractivity contribution in [3.8, 4) is 22.3 Å². The molecule has 0 heterocycles. The second kappa shape index (κ2) is 10.3. The molecule has 4 aromatic rings. The van der Waals surface area contributed by atoms with E-state index in [1.54, 1.807) is 24.3 Å². The van der Waals surface area contributed by atoms with Crippen molar-refractivity contribution < 1.29 is 4.79 Å². The smallest absolute Gasteiger partial charge is 0.257 e. The Bertz CT molecular complexity index is 1290. The van der Waals surface area contributed by atoms with Gasteiger partial charge in [-0.3, -0.25) is 10.1 Å². The van der Waals surface area contributed by atoms with E-state index in [0.717, 1.165) is 27.8 Å². The third-order valence-electron chi connectivity index (χ3n) is 5.10. The lowest BCUT2D eigenvalue weighted by molar-refractivity contribution is 0.0976. The lowest BCUT2D eigenvalue weighted by Gasteiger charge is -2.13. The van der Waals surface area contributed by atoms with Crippen molar-refractivity contribution in [2.75, 3.05) is 0 Å². The van der Waals surface area contributed by atoms with Gasteiger partial charge in [0.1, 0.15) is 0 Å². The molecule has 0 saturated carbocycles. The molecule has 1 amide bonds.